The zero-order valence-electron chi connectivity index (χ0n) is 24.4. The van der Waals surface area contributed by atoms with Crippen LogP contribution in [0.2, 0.25) is 0 Å². The Morgan fingerprint density at radius 3 is 2.40 bits per heavy atom. The molecule has 2 aromatic rings. The van der Waals surface area contributed by atoms with Crippen molar-refractivity contribution in [2.24, 2.45) is 0 Å². The van der Waals surface area contributed by atoms with Crippen LogP contribution in [0.15, 0.2) is 18.2 Å². The molecular weight excluding hydrogens is 517 g/mol. The molecule has 0 bridgehead atoms. The number of nitrogens with zero attached hydrogens (tertiary/aromatic N) is 2. The van der Waals surface area contributed by atoms with E-state index in [1.54, 1.807) is 17.0 Å². The van der Waals surface area contributed by atoms with Crippen LogP contribution in [0, 0.1) is 11.2 Å². The maximum Gasteiger partial charge on any atom is 0.303 e. The second kappa shape index (κ2) is 12.6. The molecule has 1 aliphatic heterocycles. The standard InChI is InChI=1S/C30H40FN3O6/c1-8-33(5)21-14-18(13-20(30(2,3)4)27(21)40-12-10-9-11-24(36)37)22(35)17-34-16-19-15-23(38-6)28(39-7)26(31)25(19)29(34)32/h13-15,32H,8-12,16-17H2,1-7H3,(H,36,37). The third kappa shape index (κ3) is 6.48. The van der Waals surface area contributed by atoms with Crippen molar-refractivity contribution < 1.29 is 33.3 Å². The van der Waals surface area contributed by atoms with Gasteiger partial charge in [-0.25, -0.2) is 4.39 Å². The summed E-state index contributed by atoms with van der Waals surface area (Å²) in [4.78, 5) is 28.1. The first-order valence-electron chi connectivity index (χ1n) is 13.4. The molecule has 40 heavy (non-hydrogen) atoms. The second-order valence-electron chi connectivity index (χ2n) is 10.9. The average Bonchev–Trinajstić information content (AvgIpc) is 3.21. The number of anilines is 1. The number of nitrogens with one attached hydrogen (secondary N) is 1. The monoisotopic (exact) mass is 557 g/mol. The molecule has 10 heteroatoms. The van der Waals surface area contributed by atoms with Crippen LogP contribution in [0.1, 0.15) is 74.0 Å². The molecule has 0 aliphatic carbocycles. The van der Waals surface area contributed by atoms with Crippen molar-refractivity contribution in [3.63, 3.8) is 0 Å². The van der Waals surface area contributed by atoms with Gasteiger partial charge in [0, 0.05) is 37.7 Å². The van der Waals surface area contributed by atoms with Crippen LogP contribution in [-0.2, 0) is 16.8 Å². The second-order valence-corrected chi connectivity index (χ2v) is 10.9. The lowest BCUT2D eigenvalue weighted by atomic mass is 9.84. The fourth-order valence-corrected chi connectivity index (χ4v) is 4.71. The van der Waals surface area contributed by atoms with Crippen molar-refractivity contribution in [3.8, 4) is 17.2 Å². The van der Waals surface area contributed by atoms with Crippen LogP contribution in [0.4, 0.5) is 10.1 Å². The molecule has 0 atom stereocenters. The van der Waals surface area contributed by atoms with Gasteiger partial charge in [-0.1, -0.05) is 20.8 Å². The van der Waals surface area contributed by atoms with E-state index in [1.165, 1.54) is 14.2 Å². The molecule has 0 aromatic heterocycles. The maximum absolute atomic E-state index is 15.2. The number of carbonyl (C=O) groups is 2. The lowest BCUT2D eigenvalue weighted by molar-refractivity contribution is -0.137. The molecule has 0 fully saturated rings. The third-order valence-corrected chi connectivity index (χ3v) is 7.06. The number of carboxylic acid groups (broad SMARTS) is 1. The SMILES string of the molecule is CCN(C)c1cc(C(=O)CN2Cc3cc(OC)c(OC)c(F)c3C2=N)cc(C(C)(C)C)c1OCCCCC(=O)O. The smallest absolute Gasteiger partial charge is 0.303 e. The number of aliphatic carboxylic acids is 1. The van der Waals surface area contributed by atoms with E-state index in [2.05, 4.69) is 0 Å². The minimum atomic E-state index is -0.833. The summed E-state index contributed by atoms with van der Waals surface area (Å²) >= 11 is 0. The number of hydrogen-bond donors (Lipinski definition) is 2. The van der Waals surface area contributed by atoms with E-state index in [-0.39, 0.29) is 53.6 Å². The molecule has 1 heterocycles. The Hall–Kier alpha value is -3.82. The highest BCUT2D eigenvalue weighted by atomic mass is 19.1. The fraction of sp³-hybridized carbons (Fsp3) is 0.500. The molecule has 0 spiro atoms. The predicted molar refractivity (Wildman–Crippen MR) is 152 cm³/mol. The van der Waals surface area contributed by atoms with E-state index in [9.17, 15) is 9.59 Å². The van der Waals surface area contributed by atoms with E-state index < -0.39 is 11.8 Å². The van der Waals surface area contributed by atoms with Gasteiger partial charge in [0.1, 0.15) is 11.6 Å². The van der Waals surface area contributed by atoms with Gasteiger partial charge in [-0.15, -0.1) is 0 Å². The molecule has 0 saturated heterocycles. The molecule has 0 unspecified atom stereocenters. The summed E-state index contributed by atoms with van der Waals surface area (Å²) in [5.74, 6) is -0.957. The Labute approximate surface area is 235 Å². The summed E-state index contributed by atoms with van der Waals surface area (Å²) in [6.45, 7) is 9.25. The quantitative estimate of drug-likeness (QED) is 0.254. The van der Waals surface area contributed by atoms with Crippen LogP contribution in [0.5, 0.6) is 17.2 Å². The van der Waals surface area contributed by atoms with Crippen LogP contribution in [-0.4, -0.2) is 68.6 Å². The number of fused-ring (bicyclic) bond motifs is 1. The number of carboxylic acids is 1. The summed E-state index contributed by atoms with van der Waals surface area (Å²) in [6, 6.07) is 5.28. The van der Waals surface area contributed by atoms with Gasteiger partial charge in [-0.3, -0.25) is 15.0 Å². The van der Waals surface area contributed by atoms with Crippen molar-refractivity contribution in [1.82, 2.24) is 4.90 Å². The Balaban J connectivity index is 1.92. The Morgan fingerprint density at radius 2 is 1.82 bits per heavy atom. The first kappa shape index (κ1) is 30.7. The number of hydrogen-bond acceptors (Lipinski definition) is 7. The van der Waals surface area contributed by atoms with Gasteiger partial charge in [-0.05, 0) is 48.9 Å². The number of ether oxygens (including phenoxy) is 3. The lowest BCUT2D eigenvalue weighted by Crippen LogP contribution is -2.31. The summed E-state index contributed by atoms with van der Waals surface area (Å²) in [6.07, 6.45) is 1.19. The van der Waals surface area contributed by atoms with Crippen molar-refractivity contribution in [1.29, 1.82) is 5.41 Å². The lowest BCUT2D eigenvalue weighted by Gasteiger charge is -2.29. The van der Waals surface area contributed by atoms with E-state index in [4.69, 9.17) is 24.7 Å². The topological polar surface area (TPSA) is 112 Å². The first-order chi connectivity index (χ1) is 18.8. The van der Waals surface area contributed by atoms with Gasteiger partial charge in [-0.2, -0.15) is 0 Å². The summed E-state index contributed by atoms with van der Waals surface area (Å²) in [7, 11) is 4.68. The number of benzene rings is 2. The van der Waals surface area contributed by atoms with Crippen LogP contribution >= 0.6 is 0 Å². The number of Topliss-reactive ketones (excluding diaryl/α,β-unsaturated/α-hetero) is 1. The van der Waals surface area contributed by atoms with Gasteiger partial charge < -0.3 is 29.1 Å². The number of unbranched alkanes of at least 4 members (excludes halogenated alkanes) is 1. The Kier molecular flexibility index (Phi) is 9.65. The molecule has 3 rings (SSSR count). The van der Waals surface area contributed by atoms with E-state index >= 15 is 4.39 Å². The van der Waals surface area contributed by atoms with Gasteiger partial charge in [0.15, 0.2) is 23.1 Å². The van der Waals surface area contributed by atoms with Gasteiger partial charge >= 0.3 is 5.97 Å². The molecule has 2 aromatic carbocycles. The first-order valence-corrected chi connectivity index (χ1v) is 13.4. The van der Waals surface area contributed by atoms with Gasteiger partial charge in [0.05, 0.1) is 38.6 Å². The van der Waals surface area contributed by atoms with Crippen molar-refractivity contribution >= 4 is 23.3 Å². The van der Waals surface area contributed by atoms with Gasteiger partial charge in [0.2, 0.25) is 0 Å². The van der Waals surface area contributed by atoms with Crippen LogP contribution < -0.4 is 19.1 Å². The number of rotatable bonds is 13. The molecule has 218 valence electrons. The van der Waals surface area contributed by atoms with E-state index in [0.717, 1.165) is 11.3 Å². The Bertz CT molecular complexity index is 1290. The summed E-state index contributed by atoms with van der Waals surface area (Å²) in [5, 5.41) is 17.5. The molecule has 0 radical (unpaired) electrons. The number of methoxy groups -OCH3 is 2. The maximum atomic E-state index is 15.2. The zero-order valence-corrected chi connectivity index (χ0v) is 24.4. The molecule has 9 nitrogen and oxygen atoms in total. The molecule has 1 aliphatic rings. The summed E-state index contributed by atoms with van der Waals surface area (Å²) < 4.78 is 31.8. The molecule has 0 amide bonds. The third-order valence-electron chi connectivity index (χ3n) is 7.06. The number of amidine groups is 1. The summed E-state index contributed by atoms with van der Waals surface area (Å²) in [5.41, 5.74) is 2.39. The molecular formula is C30H40FN3O6. The van der Waals surface area contributed by atoms with Crippen molar-refractivity contribution in [2.45, 2.75) is 58.9 Å². The number of ketones is 1. The van der Waals surface area contributed by atoms with Gasteiger partial charge in [0.25, 0.3) is 0 Å². The number of halogens is 1. The largest absolute Gasteiger partial charge is 0.493 e. The highest BCUT2D eigenvalue weighted by Gasteiger charge is 2.33. The van der Waals surface area contributed by atoms with Crippen LogP contribution in [0.3, 0.4) is 0 Å². The van der Waals surface area contributed by atoms with E-state index in [0.29, 0.717) is 42.9 Å². The average molecular weight is 558 g/mol. The minimum absolute atomic E-state index is 0.0696. The van der Waals surface area contributed by atoms with Crippen LogP contribution in [0.25, 0.3) is 0 Å². The Morgan fingerprint density at radius 1 is 1.12 bits per heavy atom. The minimum Gasteiger partial charge on any atom is -0.493 e. The molecule has 0 saturated carbocycles. The van der Waals surface area contributed by atoms with Crippen molar-refractivity contribution in [2.75, 3.05) is 45.9 Å². The normalized spacial score (nSPS) is 12.8. The van der Waals surface area contributed by atoms with Crippen molar-refractivity contribution in [3.05, 3.63) is 46.3 Å². The zero-order chi connectivity index (χ0) is 29.8. The highest BCUT2D eigenvalue weighted by Crippen LogP contribution is 2.41. The fourth-order valence-electron chi connectivity index (χ4n) is 4.71. The molecule has 2 N–H and O–H groups in total. The number of carbonyl (C=O) groups excluding carboxylic acids is 1. The van der Waals surface area contributed by atoms with E-state index in [1.807, 2.05) is 45.7 Å². The highest BCUT2D eigenvalue weighted by molar-refractivity contribution is 6.06. The predicted octanol–water partition coefficient (Wildman–Crippen LogP) is 5.25.